The quantitative estimate of drug-likeness (QED) is 0.628. The summed E-state index contributed by atoms with van der Waals surface area (Å²) in [5.74, 6) is -2.69. The fraction of sp³-hybridized carbons (Fsp3) is 0.412. The van der Waals surface area contributed by atoms with E-state index in [0.29, 0.717) is 5.56 Å². The third kappa shape index (κ3) is 6.99. The van der Waals surface area contributed by atoms with Crippen LogP contribution in [0.3, 0.4) is 0 Å². The average Bonchev–Trinajstić information content (AvgIpc) is 2.54. The van der Waals surface area contributed by atoms with Gasteiger partial charge in [-0.05, 0) is 31.0 Å². The molecule has 0 aromatic heterocycles. The van der Waals surface area contributed by atoms with Crippen molar-refractivity contribution in [3.63, 3.8) is 0 Å². The van der Waals surface area contributed by atoms with Crippen molar-refractivity contribution in [3.05, 3.63) is 35.6 Å². The Kier molecular flexibility index (Phi) is 7.53. The molecule has 0 saturated heterocycles. The molecule has 1 aromatic carbocycles. The van der Waals surface area contributed by atoms with Gasteiger partial charge in [-0.3, -0.25) is 14.4 Å². The molecule has 0 fully saturated rings. The zero-order valence-electron chi connectivity index (χ0n) is 14.1. The van der Waals surface area contributed by atoms with Gasteiger partial charge in [-0.2, -0.15) is 5.26 Å². The topological polar surface area (TPSA) is 125 Å². The zero-order chi connectivity index (χ0) is 19.0. The minimum Gasteiger partial charge on any atom is -0.368 e. The van der Waals surface area contributed by atoms with Gasteiger partial charge in [0.15, 0.2) is 0 Å². The number of carbonyl (C=O) groups is 3. The van der Waals surface area contributed by atoms with Crippen molar-refractivity contribution in [1.29, 1.82) is 5.26 Å². The Morgan fingerprint density at radius 3 is 2.28 bits per heavy atom. The molecule has 0 aliphatic rings. The molecule has 25 heavy (non-hydrogen) atoms. The van der Waals surface area contributed by atoms with E-state index in [9.17, 15) is 18.8 Å². The molecule has 0 spiro atoms. The van der Waals surface area contributed by atoms with E-state index in [1.807, 2.05) is 6.07 Å². The first kappa shape index (κ1) is 20.1. The van der Waals surface area contributed by atoms with Crippen LogP contribution in [0.25, 0.3) is 0 Å². The summed E-state index contributed by atoms with van der Waals surface area (Å²) in [6.45, 7) is 2.86. The van der Waals surface area contributed by atoms with Crippen LogP contribution < -0.4 is 16.4 Å². The lowest BCUT2D eigenvalue weighted by Crippen LogP contribution is -2.53. The van der Waals surface area contributed by atoms with Crippen LogP contribution in [-0.4, -0.2) is 29.8 Å². The Labute approximate surface area is 145 Å². The highest BCUT2D eigenvalue weighted by Crippen LogP contribution is 2.08. The summed E-state index contributed by atoms with van der Waals surface area (Å²) in [5.41, 5.74) is 5.90. The zero-order valence-corrected chi connectivity index (χ0v) is 14.1. The standard InChI is InChI=1S/C17H21FN4O3/c1-10(9-19)7-14(16(20)24)22-17(25)15(21-11(2)23)8-12-3-5-13(18)6-4-12/h3-6,10,14-15H,7-8H2,1-2H3,(H2,20,24)(H,21,23)(H,22,25)/t10-,14-,15+/m1/s1. The second-order valence-electron chi connectivity index (χ2n) is 5.81. The van der Waals surface area contributed by atoms with Crippen molar-refractivity contribution < 1.29 is 18.8 Å². The molecule has 0 heterocycles. The van der Waals surface area contributed by atoms with Crippen molar-refractivity contribution in [2.75, 3.05) is 0 Å². The molecule has 0 aliphatic carbocycles. The highest BCUT2D eigenvalue weighted by molar-refractivity contribution is 5.91. The Balaban J connectivity index is 2.87. The fourth-order valence-electron chi connectivity index (χ4n) is 2.24. The summed E-state index contributed by atoms with van der Waals surface area (Å²) in [6, 6.07) is 5.49. The van der Waals surface area contributed by atoms with Crippen LogP contribution >= 0.6 is 0 Å². The van der Waals surface area contributed by atoms with Crippen molar-refractivity contribution in [1.82, 2.24) is 10.6 Å². The maximum absolute atomic E-state index is 13.0. The minimum atomic E-state index is -1.02. The largest absolute Gasteiger partial charge is 0.368 e. The predicted octanol–water partition coefficient (Wildman–Crippen LogP) is 0.393. The molecular formula is C17H21FN4O3. The smallest absolute Gasteiger partial charge is 0.243 e. The van der Waals surface area contributed by atoms with Gasteiger partial charge in [-0.1, -0.05) is 12.1 Å². The average molecular weight is 348 g/mol. The maximum Gasteiger partial charge on any atom is 0.243 e. The molecule has 8 heteroatoms. The van der Waals surface area contributed by atoms with E-state index in [0.717, 1.165) is 0 Å². The van der Waals surface area contributed by atoms with Crippen LogP contribution in [0.2, 0.25) is 0 Å². The fourth-order valence-corrected chi connectivity index (χ4v) is 2.24. The lowest BCUT2D eigenvalue weighted by molar-refractivity contribution is -0.131. The number of amides is 3. The number of nitrogens with two attached hydrogens (primary N) is 1. The normalized spacial score (nSPS) is 13.8. The van der Waals surface area contributed by atoms with Gasteiger partial charge in [-0.15, -0.1) is 0 Å². The maximum atomic E-state index is 13.0. The molecule has 134 valence electrons. The molecule has 0 saturated carbocycles. The van der Waals surface area contributed by atoms with E-state index in [-0.39, 0.29) is 12.8 Å². The molecule has 1 rings (SSSR count). The van der Waals surface area contributed by atoms with E-state index in [1.54, 1.807) is 6.92 Å². The minimum absolute atomic E-state index is 0.0704. The Morgan fingerprint density at radius 2 is 1.80 bits per heavy atom. The number of nitriles is 1. The van der Waals surface area contributed by atoms with Crippen LogP contribution in [0.1, 0.15) is 25.8 Å². The molecule has 3 amide bonds. The SMILES string of the molecule is CC(=O)N[C@@H](Cc1ccc(F)cc1)C(=O)N[C@H](C[C@@H](C)C#N)C(N)=O. The van der Waals surface area contributed by atoms with Gasteiger partial charge < -0.3 is 16.4 Å². The molecule has 0 aliphatic heterocycles. The van der Waals surface area contributed by atoms with E-state index in [2.05, 4.69) is 10.6 Å². The van der Waals surface area contributed by atoms with Crippen molar-refractivity contribution in [2.24, 2.45) is 11.7 Å². The van der Waals surface area contributed by atoms with Crippen molar-refractivity contribution >= 4 is 17.7 Å². The van der Waals surface area contributed by atoms with E-state index >= 15 is 0 Å². The van der Waals surface area contributed by atoms with E-state index < -0.39 is 41.5 Å². The lowest BCUT2D eigenvalue weighted by atomic mass is 10.0. The number of nitrogens with one attached hydrogen (secondary N) is 2. The Bertz CT molecular complexity index is 669. The molecular weight excluding hydrogens is 327 g/mol. The summed E-state index contributed by atoms with van der Waals surface area (Å²) < 4.78 is 13.0. The molecule has 1 aromatic rings. The number of benzene rings is 1. The first-order valence-electron chi connectivity index (χ1n) is 7.73. The second-order valence-corrected chi connectivity index (χ2v) is 5.81. The number of carbonyl (C=O) groups excluding carboxylic acids is 3. The highest BCUT2D eigenvalue weighted by atomic mass is 19.1. The summed E-state index contributed by atoms with van der Waals surface area (Å²) in [5, 5.41) is 13.8. The molecule has 7 nitrogen and oxygen atoms in total. The van der Waals surface area contributed by atoms with Gasteiger partial charge in [0.25, 0.3) is 0 Å². The van der Waals surface area contributed by atoms with Crippen LogP contribution in [0.4, 0.5) is 4.39 Å². The van der Waals surface area contributed by atoms with Gasteiger partial charge in [0, 0.05) is 19.3 Å². The third-order valence-electron chi connectivity index (χ3n) is 3.52. The summed E-state index contributed by atoms with van der Waals surface area (Å²) in [4.78, 5) is 35.3. The molecule has 0 radical (unpaired) electrons. The second kappa shape index (κ2) is 9.37. The number of halogens is 1. The summed E-state index contributed by atoms with van der Waals surface area (Å²) in [7, 11) is 0. The molecule has 0 unspecified atom stereocenters. The van der Waals surface area contributed by atoms with Crippen LogP contribution in [0, 0.1) is 23.1 Å². The number of primary amides is 1. The van der Waals surface area contributed by atoms with Crippen LogP contribution in [0.15, 0.2) is 24.3 Å². The molecule has 0 bridgehead atoms. The third-order valence-corrected chi connectivity index (χ3v) is 3.52. The summed E-state index contributed by atoms with van der Waals surface area (Å²) in [6.07, 6.45) is 0.186. The van der Waals surface area contributed by atoms with E-state index in [4.69, 9.17) is 11.0 Å². The Morgan fingerprint density at radius 1 is 1.20 bits per heavy atom. The van der Waals surface area contributed by atoms with Gasteiger partial charge in [0.2, 0.25) is 17.7 Å². The molecule has 4 N–H and O–H groups in total. The highest BCUT2D eigenvalue weighted by Gasteiger charge is 2.26. The number of hydrogen-bond acceptors (Lipinski definition) is 4. The first-order valence-corrected chi connectivity index (χ1v) is 7.73. The predicted molar refractivity (Wildman–Crippen MR) is 88.2 cm³/mol. The molecule has 3 atom stereocenters. The van der Waals surface area contributed by atoms with Crippen LogP contribution in [0.5, 0.6) is 0 Å². The first-order chi connectivity index (χ1) is 11.7. The summed E-state index contributed by atoms with van der Waals surface area (Å²) >= 11 is 0. The lowest BCUT2D eigenvalue weighted by Gasteiger charge is -2.22. The number of rotatable bonds is 8. The Hall–Kier alpha value is -2.95. The monoisotopic (exact) mass is 348 g/mol. The van der Waals surface area contributed by atoms with Crippen molar-refractivity contribution in [3.8, 4) is 6.07 Å². The van der Waals surface area contributed by atoms with Crippen LogP contribution in [-0.2, 0) is 20.8 Å². The van der Waals surface area contributed by atoms with Crippen molar-refractivity contribution in [2.45, 2.75) is 38.8 Å². The van der Waals surface area contributed by atoms with Gasteiger partial charge >= 0.3 is 0 Å². The van der Waals surface area contributed by atoms with Gasteiger partial charge in [-0.25, -0.2) is 4.39 Å². The van der Waals surface area contributed by atoms with Gasteiger partial charge in [0.05, 0.1) is 6.07 Å². The van der Waals surface area contributed by atoms with Gasteiger partial charge in [0.1, 0.15) is 17.9 Å². The number of nitrogens with zero attached hydrogens (tertiary/aromatic N) is 1. The van der Waals surface area contributed by atoms with E-state index in [1.165, 1.54) is 31.2 Å². The number of hydrogen-bond donors (Lipinski definition) is 3.